The molecule has 7 heteroatoms. The minimum Gasteiger partial charge on any atom is -0.507 e. The van der Waals surface area contributed by atoms with Gasteiger partial charge in [0.05, 0.1) is 23.3 Å². The van der Waals surface area contributed by atoms with Crippen molar-refractivity contribution in [3.63, 3.8) is 0 Å². The van der Waals surface area contributed by atoms with Crippen molar-refractivity contribution in [2.75, 3.05) is 9.80 Å². The quantitative estimate of drug-likeness (QED) is 0.119. The predicted molar refractivity (Wildman–Crippen MR) is 309 cm³/mol. The number of pyridine rings is 1. The van der Waals surface area contributed by atoms with Crippen molar-refractivity contribution in [3.05, 3.63) is 265 Å². The molecule has 0 aliphatic carbocycles. The van der Waals surface area contributed by atoms with Crippen LogP contribution >= 0.6 is 0 Å². The molecule has 0 aliphatic rings. The van der Waals surface area contributed by atoms with Crippen molar-refractivity contribution in [1.82, 2.24) is 4.98 Å². The van der Waals surface area contributed by atoms with Crippen molar-refractivity contribution in [1.29, 1.82) is 0 Å². The first-order valence-electron chi connectivity index (χ1n) is 24.9. The van der Waals surface area contributed by atoms with Crippen LogP contribution in [0.15, 0.2) is 242 Å². The standard InChI is InChI=1S/C68H54N4O2.Pt/c1-45-37-57(71(53-23-12-6-13-24-53)54-25-14-7-15-26-54)38-46(2)66(45)50-33-34-61(65(74)43-50)63-42-51(49-21-10-5-11-22-49)41-52(70-63)44-69-62-32-20-31-59-60(35-36-64(73)68(59)62)67-47(3)39-58(40-48(67)4)72(55-27-16-8-17-28-55)56-29-18-9-19-30-56;/h5-44,73-74H,1-4H3;. The molecule has 1 heterocycles. The summed E-state index contributed by atoms with van der Waals surface area (Å²) in [5.74, 6) is 0.267. The summed E-state index contributed by atoms with van der Waals surface area (Å²) in [7, 11) is 0. The van der Waals surface area contributed by atoms with Gasteiger partial charge in [-0.2, -0.15) is 0 Å². The van der Waals surface area contributed by atoms with Gasteiger partial charge in [0.2, 0.25) is 0 Å². The number of fused-ring (bicyclic) bond motifs is 1. The van der Waals surface area contributed by atoms with Gasteiger partial charge in [-0.15, -0.1) is 0 Å². The molecule has 0 saturated carbocycles. The van der Waals surface area contributed by atoms with Gasteiger partial charge in [0.1, 0.15) is 11.5 Å². The molecule has 2 N–H and O–H groups in total. The number of aromatic nitrogens is 1. The Balaban J connectivity index is 0.00000641. The Kier molecular flexibility index (Phi) is 14.4. The zero-order chi connectivity index (χ0) is 50.7. The Hall–Kier alpha value is -8.83. The number of nitrogens with zero attached hydrogens (tertiary/aromatic N) is 4. The number of aryl methyl sites for hydroxylation is 4. The molecule has 0 saturated heterocycles. The summed E-state index contributed by atoms with van der Waals surface area (Å²) < 4.78 is 0. The number of aromatic hydroxyl groups is 2. The Morgan fingerprint density at radius 1 is 0.387 bits per heavy atom. The average Bonchev–Trinajstić information content (AvgIpc) is 3.42. The minimum atomic E-state index is 0. The maximum absolute atomic E-state index is 11.9. The van der Waals surface area contributed by atoms with Gasteiger partial charge in [-0.25, -0.2) is 4.98 Å². The van der Waals surface area contributed by atoms with Gasteiger partial charge < -0.3 is 20.0 Å². The molecule has 0 aliphatic heterocycles. The molecule has 11 rings (SSSR count). The molecule has 1 aromatic heterocycles. The molecule has 0 amide bonds. The summed E-state index contributed by atoms with van der Waals surface area (Å²) in [5.41, 5.74) is 19.3. The van der Waals surface area contributed by atoms with Crippen molar-refractivity contribution >= 4 is 56.8 Å². The smallest absolute Gasteiger partial charge is 0.125 e. The first-order chi connectivity index (χ1) is 36.2. The Morgan fingerprint density at radius 2 is 0.853 bits per heavy atom. The summed E-state index contributed by atoms with van der Waals surface area (Å²) in [6.45, 7) is 8.57. The Labute approximate surface area is 453 Å². The molecule has 0 bridgehead atoms. The molecular weight excluding hydrogens is 1100 g/mol. The van der Waals surface area contributed by atoms with E-state index in [-0.39, 0.29) is 32.6 Å². The molecule has 11 aromatic rings. The SMILES string of the molecule is Cc1cc(N(c2ccccc2)c2ccccc2)cc(C)c1-c1ccc(-c2cc(-c3ccccc3)cc(C=Nc3cccc4c(-c5c(C)cc(N(c6ccccc6)c6ccccc6)cc5C)ccc(O)c34)n2)c(O)c1.[Pt]. The Bertz CT molecular complexity index is 3720. The number of hydrogen-bond acceptors (Lipinski definition) is 6. The van der Waals surface area contributed by atoms with Crippen molar-refractivity contribution in [2.45, 2.75) is 27.7 Å². The first kappa shape index (κ1) is 49.7. The maximum atomic E-state index is 11.9. The summed E-state index contributed by atoms with van der Waals surface area (Å²) in [5, 5.41) is 25.1. The fraction of sp³-hybridized carbons (Fsp3) is 0.0588. The second-order valence-electron chi connectivity index (χ2n) is 18.8. The first-order valence-corrected chi connectivity index (χ1v) is 24.9. The van der Waals surface area contributed by atoms with E-state index >= 15 is 0 Å². The van der Waals surface area contributed by atoms with Crippen LogP contribution in [0.1, 0.15) is 27.9 Å². The summed E-state index contributed by atoms with van der Waals surface area (Å²) >= 11 is 0. The summed E-state index contributed by atoms with van der Waals surface area (Å²) in [4.78, 5) is 14.7. The second kappa shape index (κ2) is 21.7. The van der Waals surface area contributed by atoms with Crippen LogP contribution in [-0.2, 0) is 21.1 Å². The fourth-order valence-electron chi connectivity index (χ4n) is 10.5. The second-order valence-corrected chi connectivity index (χ2v) is 18.8. The van der Waals surface area contributed by atoms with E-state index in [1.165, 1.54) is 0 Å². The van der Waals surface area contributed by atoms with E-state index in [1.807, 2.05) is 84.9 Å². The molecule has 0 spiro atoms. The molecule has 0 fully saturated rings. The van der Waals surface area contributed by atoms with Gasteiger partial charge in [0.15, 0.2) is 0 Å². The molecule has 10 aromatic carbocycles. The van der Waals surface area contributed by atoms with Gasteiger partial charge in [0, 0.05) is 66.1 Å². The van der Waals surface area contributed by atoms with Crippen LogP contribution < -0.4 is 9.80 Å². The normalized spacial score (nSPS) is 11.1. The van der Waals surface area contributed by atoms with Gasteiger partial charge in [-0.3, -0.25) is 4.99 Å². The van der Waals surface area contributed by atoms with Gasteiger partial charge in [-0.05, 0) is 198 Å². The number of phenols is 2. The largest absolute Gasteiger partial charge is 0.507 e. The Morgan fingerprint density at radius 3 is 1.35 bits per heavy atom. The van der Waals surface area contributed by atoms with E-state index in [9.17, 15) is 10.2 Å². The predicted octanol–water partition coefficient (Wildman–Crippen LogP) is 18.2. The third-order valence-corrected chi connectivity index (χ3v) is 13.7. The van der Waals surface area contributed by atoms with E-state index in [1.54, 1.807) is 12.3 Å². The monoisotopic (exact) mass is 1150 g/mol. The summed E-state index contributed by atoms with van der Waals surface area (Å²) in [6, 6.07) is 80.4. The molecule has 368 valence electrons. The van der Waals surface area contributed by atoms with Crippen LogP contribution in [0.3, 0.4) is 0 Å². The van der Waals surface area contributed by atoms with Crippen LogP contribution in [0, 0.1) is 27.7 Å². The molecule has 75 heavy (non-hydrogen) atoms. The van der Waals surface area contributed by atoms with E-state index in [0.717, 1.165) is 95.1 Å². The third-order valence-electron chi connectivity index (χ3n) is 13.7. The number of aliphatic imine (C=N–C) groups is 1. The van der Waals surface area contributed by atoms with E-state index in [2.05, 4.69) is 183 Å². The van der Waals surface area contributed by atoms with Gasteiger partial charge in [-0.1, -0.05) is 127 Å². The van der Waals surface area contributed by atoms with Crippen LogP contribution in [0.4, 0.5) is 39.8 Å². The minimum absolute atomic E-state index is 0. The number of anilines is 6. The van der Waals surface area contributed by atoms with Crippen molar-refractivity contribution < 1.29 is 31.3 Å². The zero-order valence-electron chi connectivity index (χ0n) is 42.1. The third kappa shape index (κ3) is 10.1. The van der Waals surface area contributed by atoms with Crippen LogP contribution in [0.2, 0.25) is 0 Å². The van der Waals surface area contributed by atoms with Gasteiger partial charge >= 0.3 is 0 Å². The van der Waals surface area contributed by atoms with Crippen LogP contribution in [-0.4, -0.2) is 21.4 Å². The molecular formula is C68H54N4O2Pt. The van der Waals surface area contributed by atoms with Crippen molar-refractivity contribution in [3.8, 4) is 56.1 Å². The topological polar surface area (TPSA) is 72.2 Å². The van der Waals surface area contributed by atoms with Gasteiger partial charge in [0.25, 0.3) is 0 Å². The van der Waals surface area contributed by atoms with E-state index in [0.29, 0.717) is 28.0 Å². The molecule has 0 radical (unpaired) electrons. The summed E-state index contributed by atoms with van der Waals surface area (Å²) in [6.07, 6.45) is 1.75. The number of phenolic OH excluding ortho intramolecular Hbond substituents is 2. The fourth-order valence-corrected chi connectivity index (χ4v) is 10.5. The average molecular weight is 1150 g/mol. The van der Waals surface area contributed by atoms with Crippen LogP contribution in [0.5, 0.6) is 11.5 Å². The number of rotatable bonds is 12. The molecule has 0 atom stereocenters. The number of para-hydroxylation sites is 4. The molecule has 0 unspecified atom stereocenters. The zero-order valence-corrected chi connectivity index (χ0v) is 44.4. The van der Waals surface area contributed by atoms with Crippen molar-refractivity contribution in [2.24, 2.45) is 4.99 Å². The number of hydrogen-bond donors (Lipinski definition) is 2. The molecule has 6 nitrogen and oxygen atoms in total. The number of benzene rings is 10. The van der Waals surface area contributed by atoms with Crippen LogP contribution in [0.25, 0.3) is 55.4 Å². The van der Waals surface area contributed by atoms with E-state index in [4.69, 9.17) is 9.98 Å². The van der Waals surface area contributed by atoms with E-state index < -0.39 is 0 Å². The maximum Gasteiger partial charge on any atom is 0.125 e.